The maximum Gasteiger partial charge on any atom is 0.274 e. The highest BCUT2D eigenvalue weighted by atomic mass is 16.5. The van der Waals surface area contributed by atoms with Crippen molar-refractivity contribution in [1.29, 1.82) is 0 Å². The third kappa shape index (κ3) is 4.40. The summed E-state index contributed by atoms with van der Waals surface area (Å²) >= 11 is 0. The number of amides is 1. The van der Waals surface area contributed by atoms with Gasteiger partial charge < -0.3 is 20.1 Å². The van der Waals surface area contributed by atoms with E-state index < -0.39 is 0 Å². The highest BCUT2D eigenvalue weighted by Crippen LogP contribution is 2.29. The second kappa shape index (κ2) is 8.43. The maximum absolute atomic E-state index is 12.5. The van der Waals surface area contributed by atoms with Gasteiger partial charge in [-0.1, -0.05) is 17.7 Å². The lowest BCUT2D eigenvalue weighted by Gasteiger charge is -2.12. The summed E-state index contributed by atoms with van der Waals surface area (Å²) in [7, 11) is 3.11. The molecule has 28 heavy (non-hydrogen) atoms. The van der Waals surface area contributed by atoms with Crippen molar-refractivity contribution in [2.24, 2.45) is 0 Å². The average Bonchev–Trinajstić information content (AvgIpc) is 2.71. The summed E-state index contributed by atoms with van der Waals surface area (Å²) < 4.78 is 10.5. The number of ether oxygens (including phenoxy) is 2. The summed E-state index contributed by atoms with van der Waals surface area (Å²) in [5.41, 5.74) is 5.03. The lowest BCUT2D eigenvalue weighted by molar-refractivity contribution is 0.102. The van der Waals surface area contributed by atoms with Crippen molar-refractivity contribution in [3.8, 4) is 11.5 Å². The zero-order valence-corrected chi connectivity index (χ0v) is 16.4. The molecule has 0 bridgehead atoms. The largest absolute Gasteiger partial charge is 0.497 e. The first-order chi connectivity index (χ1) is 13.5. The number of aromatic nitrogens is 1. The molecular weight excluding hydrogens is 354 g/mol. The summed E-state index contributed by atoms with van der Waals surface area (Å²) in [4.78, 5) is 16.8. The van der Waals surface area contributed by atoms with Gasteiger partial charge in [0.2, 0.25) is 0 Å². The number of nitrogens with one attached hydrogen (secondary N) is 2. The van der Waals surface area contributed by atoms with Gasteiger partial charge in [-0.3, -0.25) is 4.79 Å². The third-order valence-electron chi connectivity index (χ3n) is 4.31. The summed E-state index contributed by atoms with van der Waals surface area (Å²) in [6.07, 6.45) is 1.64. The van der Waals surface area contributed by atoms with Crippen molar-refractivity contribution >= 4 is 23.0 Å². The number of pyridine rings is 1. The second-order valence-corrected chi connectivity index (χ2v) is 6.40. The number of benzene rings is 2. The number of rotatable bonds is 6. The molecule has 6 nitrogen and oxygen atoms in total. The van der Waals surface area contributed by atoms with Crippen LogP contribution in [0, 0.1) is 13.8 Å². The lowest BCUT2D eigenvalue weighted by atomic mass is 10.1. The summed E-state index contributed by atoms with van der Waals surface area (Å²) in [6.45, 7) is 4.11. The molecule has 2 N–H and O–H groups in total. The van der Waals surface area contributed by atoms with Gasteiger partial charge in [0.05, 0.1) is 31.8 Å². The Bertz CT molecular complexity index is 985. The molecular formula is C22H23N3O3. The van der Waals surface area contributed by atoms with Gasteiger partial charge in [0.25, 0.3) is 5.91 Å². The Morgan fingerprint density at radius 3 is 2.36 bits per heavy atom. The van der Waals surface area contributed by atoms with Crippen molar-refractivity contribution in [2.45, 2.75) is 13.8 Å². The van der Waals surface area contributed by atoms with E-state index in [4.69, 9.17) is 9.47 Å². The first-order valence-electron chi connectivity index (χ1n) is 8.84. The number of anilines is 3. The molecule has 144 valence electrons. The Labute approximate surface area is 164 Å². The smallest absolute Gasteiger partial charge is 0.274 e. The van der Waals surface area contributed by atoms with Crippen LogP contribution in [0.2, 0.25) is 0 Å². The van der Waals surface area contributed by atoms with E-state index in [2.05, 4.69) is 28.6 Å². The molecule has 0 aliphatic rings. The van der Waals surface area contributed by atoms with Gasteiger partial charge in [-0.2, -0.15) is 0 Å². The molecule has 0 aliphatic carbocycles. The minimum absolute atomic E-state index is 0.309. The molecule has 1 amide bonds. The van der Waals surface area contributed by atoms with E-state index in [-0.39, 0.29) is 5.91 Å². The Hall–Kier alpha value is -3.54. The van der Waals surface area contributed by atoms with Gasteiger partial charge in [0, 0.05) is 11.8 Å². The van der Waals surface area contributed by atoms with E-state index in [1.165, 1.54) is 12.7 Å². The van der Waals surface area contributed by atoms with Crippen LogP contribution in [0.5, 0.6) is 11.5 Å². The van der Waals surface area contributed by atoms with E-state index in [0.717, 1.165) is 16.9 Å². The predicted molar refractivity (Wildman–Crippen MR) is 111 cm³/mol. The van der Waals surface area contributed by atoms with Crippen molar-refractivity contribution in [3.05, 3.63) is 71.5 Å². The number of aryl methyl sites for hydroxylation is 2. The molecule has 1 heterocycles. The van der Waals surface area contributed by atoms with Crippen molar-refractivity contribution in [2.75, 3.05) is 24.9 Å². The van der Waals surface area contributed by atoms with E-state index in [1.807, 2.05) is 25.1 Å². The normalized spacial score (nSPS) is 10.3. The molecule has 0 unspecified atom stereocenters. The highest BCUT2D eigenvalue weighted by molar-refractivity contribution is 6.03. The fraction of sp³-hybridized carbons (Fsp3) is 0.182. The quantitative estimate of drug-likeness (QED) is 0.651. The maximum atomic E-state index is 12.5. The minimum Gasteiger partial charge on any atom is -0.497 e. The summed E-state index contributed by atoms with van der Waals surface area (Å²) in [5, 5.41) is 6.13. The first-order valence-corrected chi connectivity index (χ1v) is 8.84. The van der Waals surface area contributed by atoms with Crippen LogP contribution in [0.25, 0.3) is 0 Å². The number of carbonyl (C=O) groups excluding carboxylic acids is 1. The number of hydrogen-bond donors (Lipinski definition) is 2. The van der Waals surface area contributed by atoms with Crippen LogP contribution in [-0.2, 0) is 0 Å². The van der Waals surface area contributed by atoms with Gasteiger partial charge in [-0.05, 0) is 49.7 Å². The SMILES string of the molecule is COc1ccc(NC(=O)c2ccc(Nc3ccc(C)cc3C)cn2)c(OC)c1. The van der Waals surface area contributed by atoms with E-state index in [9.17, 15) is 4.79 Å². The second-order valence-electron chi connectivity index (χ2n) is 6.40. The van der Waals surface area contributed by atoms with Gasteiger partial charge in [-0.15, -0.1) is 0 Å². The van der Waals surface area contributed by atoms with E-state index in [0.29, 0.717) is 22.9 Å². The Balaban J connectivity index is 1.72. The van der Waals surface area contributed by atoms with Crippen LogP contribution in [0.15, 0.2) is 54.7 Å². The van der Waals surface area contributed by atoms with Crippen molar-refractivity contribution in [1.82, 2.24) is 4.98 Å². The van der Waals surface area contributed by atoms with Gasteiger partial charge >= 0.3 is 0 Å². The molecule has 2 aromatic carbocycles. The van der Waals surface area contributed by atoms with Crippen LogP contribution in [0.3, 0.4) is 0 Å². The molecule has 3 aromatic rings. The first kappa shape index (κ1) is 19.2. The molecule has 3 rings (SSSR count). The molecule has 0 radical (unpaired) electrons. The average molecular weight is 377 g/mol. The zero-order chi connectivity index (χ0) is 20.1. The van der Waals surface area contributed by atoms with Gasteiger partial charge in [-0.25, -0.2) is 4.98 Å². The molecule has 0 saturated carbocycles. The summed E-state index contributed by atoms with van der Waals surface area (Å²) in [5.74, 6) is 0.845. The fourth-order valence-corrected chi connectivity index (χ4v) is 2.80. The number of hydrogen-bond acceptors (Lipinski definition) is 5. The molecule has 0 fully saturated rings. The van der Waals surface area contributed by atoms with Gasteiger partial charge in [0.15, 0.2) is 0 Å². The fourth-order valence-electron chi connectivity index (χ4n) is 2.80. The van der Waals surface area contributed by atoms with Crippen LogP contribution >= 0.6 is 0 Å². The van der Waals surface area contributed by atoms with E-state index in [1.54, 1.807) is 37.6 Å². The van der Waals surface area contributed by atoms with Crippen molar-refractivity contribution in [3.63, 3.8) is 0 Å². The molecule has 0 aliphatic heterocycles. The highest BCUT2D eigenvalue weighted by Gasteiger charge is 2.12. The van der Waals surface area contributed by atoms with Crippen LogP contribution in [0.1, 0.15) is 21.6 Å². The number of nitrogens with zero attached hydrogens (tertiary/aromatic N) is 1. The Morgan fingerprint density at radius 1 is 0.929 bits per heavy atom. The molecule has 6 heteroatoms. The van der Waals surface area contributed by atoms with Crippen molar-refractivity contribution < 1.29 is 14.3 Å². The Morgan fingerprint density at radius 2 is 1.71 bits per heavy atom. The molecule has 1 aromatic heterocycles. The standard InChI is InChI=1S/C22H23N3O3/c1-14-5-8-18(15(2)11-14)24-16-6-9-20(23-13-16)22(26)25-19-10-7-17(27-3)12-21(19)28-4/h5-13,24H,1-4H3,(H,25,26). The van der Waals surface area contributed by atoms with Crippen LogP contribution < -0.4 is 20.1 Å². The van der Waals surface area contributed by atoms with E-state index >= 15 is 0 Å². The topological polar surface area (TPSA) is 72.5 Å². The molecule has 0 spiro atoms. The number of methoxy groups -OCH3 is 2. The third-order valence-corrected chi connectivity index (χ3v) is 4.31. The minimum atomic E-state index is -0.318. The predicted octanol–water partition coefficient (Wildman–Crippen LogP) is 4.71. The zero-order valence-electron chi connectivity index (χ0n) is 16.4. The van der Waals surface area contributed by atoms with Crippen LogP contribution in [-0.4, -0.2) is 25.1 Å². The monoisotopic (exact) mass is 377 g/mol. The van der Waals surface area contributed by atoms with Crippen LogP contribution in [0.4, 0.5) is 17.1 Å². The molecule has 0 atom stereocenters. The lowest BCUT2D eigenvalue weighted by Crippen LogP contribution is -2.14. The van der Waals surface area contributed by atoms with Gasteiger partial charge in [0.1, 0.15) is 17.2 Å². The Kier molecular flexibility index (Phi) is 5.79. The molecule has 0 saturated heterocycles. The summed E-state index contributed by atoms with van der Waals surface area (Å²) in [6, 6.07) is 14.9. The number of carbonyl (C=O) groups is 1.